The minimum absolute atomic E-state index is 0.320. The molecule has 0 atom stereocenters. The predicted molar refractivity (Wildman–Crippen MR) is 118 cm³/mol. The van der Waals surface area contributed by atoms with E-state index in [4.69, 9.17) is 14.2 Å². The normalized spacial score (nSPS) is 19.5. The molecule has 1 N–H and O–H groups in total. The maximum Gasteiger partial charge on any atom is 0.231 e. The highest BCUT2D eigenvalue weighted by Crippen LogP contribution is 2.33. The van der Waals surface area contributed by atoms with E-state index in [1.807, 2.05) is 6.07 Å². The van der Waals surface area contributed by atoms with Gasteiger partial charge in [0.2, 0.25) is 6.79 Å². The zero-order valence-electron chi connectivity index (χ0n) is 17.8. The number of hydrogen-bond donors (Lipinski definition) is 1. The molecule has 31 heavy (non-hydrogen) atoms. The predicted octanol–water partition coefficient (Wildman–Crippen LogP) is 1.27. The van der Waals surface area contributed by atoms with E-state index in [-0.39, 0.29) is 0 Å². The van der Waals surface area contributed by atoms with Crippen molar-refractivity contribution in [3.63, 3.8) is 0 Å². The van der Waals surface area contributed by atoms with E-state index in [0.717, 1.165) is 95.3 Å². The van der Waals surface area contributed by atoms with Crippen molar-refractivity contribution in [2.45, 2.75) is 6.54 Å². The second kappa shape index (κ2) is 9.67. The number of nitrogens with zero attached hydrogens (tertiary/aromatic N) is 5. The van der Waals surface area contributed by atoms with Crippen molar-refractivity contribution in [2.75, 3.05) is 82.6 Å². The summed E-state index contributed by atoms with van der Waals surface area (Å²) in [4.78, 5) is 16.1. The van der Waals surface area contributed by atoms with Crippen molar-refractivity contribution < 1.29 is 14.2 Å². The molecule has 3 aliphatic heterocycles. The Kier molecular flexibility index (Phi) is 6.33. The van der Waals surface area contributed by atoms with E-state index in [9.17, 15) is 0 Å². The summed E-state index contributed by atoms with van der Waals surface area (Å²) >= 11 is 0. The zero-order chi connectivity index (χ0) is 20.9. The van der Waals surface area contributed by atoms with E-state index in [1.165, 1.54) is 5.56 Å². The van der Waals surface area contributed by atoms with Gasteiger partial charge in [-0.05, 0) is 17.7 Å². The molecule has 1 aromatic heterocycles. The average Bonchev–Trinajstić information content (AvgIpc) is 3.29. The molecule has 9 heteroatoms. The van der Waals surface area contributed by atoms with Crippen molar-refractivity contribution in [3.8, 4) is 11.5 Å². The molecule has 2 aromatic rings. The lowest BCUT2D eigenvalue weighted by Gasteiger charge is -2.35. The highest BCUT2D eigenvalue weighted by Gasteiger charge is 2.20. The smallest absolute Gasteiger partial charge is 0.231 e. The van der Waals surface area contributed by atoms with Crippen LogP contribution in [0.3, 0.4) is 0 Å². The Morgan fingerprint density at radius 3 is 2.58 bits per heavy atom. The van der Waals surface area contributed by atoms with Crippen LogP contribution < -0.4 is 19.7 Å². The first-order valence-electron chi connectivity index (χ1n) is 11.1. The second-order valence-corrected chi connectivity index (χ2v) is 8.09. The minimum atomic E-state index is 0.320. The summed E-state index contributed by atoms with van der Waals surface area (Å²) < 4.78 is 16.3. The van der Waals surface area contributed by atoms with Crippen LogP contribution in [0, 0.1) is 0 Å². The molecule has 2 fully saturated rings. The van der Waals surface area contributed by atoms with E-state index in [2.05, 4.69) is 48.2 Å². The molecule has 0 amide bonds. The lowest BCUT2D eigenvalue weighted by molar-refractivity contribution is 0.0398. The molecule has 9 nitrogen and oxygen atoms in total. The molecule has 0 radical (unpaired) electrons. The highest BCUT2D eigenvalue weighted by atomic mass is 16.7. The summed E-state index contributed by atoms with van der Waals surface area (Å²) in [5.74, 6) is 3.57. The number of aromatic nitrogens is 2. The van der Waals surface area contributed by atoms with Gasteiger partial charge in [-0.3, -0.25) is 9.80 Å². The van der Waals surface area contributed by atoms with Gasteiger partial charge in [0.05, 0.1) is 13.2 Å². The molecule has 0 unspecified atom stereocenters. The standard InChI is InChI=1S/C22H30N6O3/c1-2-19-20(31-17-30-19)13-18(1)15-27-5-7-28(8-6-27)22-14-21(24-16-25-22)23-3-4-26-9-11-29-12-10-26/h1-2,13-14,16H,3-12,15,17H2,(H,23,24,25). The van der Waals surface area contributed by atoms with Gasteiger partial charge in [0.25, 0.3) is 0 Å². The third-order valence-electron chi connectivity index (χ3n) is 6.03. The number of piperazine rings is 1. The van der Waals surface area contributed by atoms with Crippen LogP contribution in [-0.4, -0.2) is 92.1 Å². The summed E-state index contributed by atoms with van der Waals surface area (Å²) in [6.07, 6.45) is 1.66. The number of rotatable bonds is 7. The Hall–Kier alpha value is -2.62. The van der Waals surface area contributed by atoms with Crippen LogP contribution in [-0.2, 0) is 11.3 Å². The van der Waals surface area contributed by atoms with Gasteiger partial charge < -0.3 is 24.4 Å². The minimum Gasteiger partial charge on any atom is -0.454 e. The van der Waals surface area contributed by atoms with Gasteiger partial charge in [-0.25, -0.2) is 9.97 Å². The third kappa shape index (κ3) is 5.17. The van der Waals surface area contributed by atoms with E-state index in [0.29, 0.717) is 6.79 Å². The summed E-state index contributed by atoms with van der Waals surface area (Å²) in [6, 6.07) is 8.28. The van der Waals surface area contributed by atoms with Crippen LogP contribution in [0.2, 0.25) is 0 Å². The summed E-state index contributed by atoms with van der Waals surface area (Å²) in [6.45, 7) is 10.7. The molecule has 0 saturated carbocycles. The fraction of sp³-hybridized carbons (Fsp3) is 0.545. The summed E-state index contributed by atoms with van der Waals surface area (Å²) in [7, 11) is 0. The largest absolute Gasteiger partial charge is 0.454 e. The maximum absolute atomic E-state index is 5.50. The summed E-state index contributed by atoms with van der Waals surface area (Å²) in [5, 5.41) is 3.44. The zero-order valence-corrected chi connectivity index (χ0v) is 17.8. The molecular formula is C22H30N6O3. The van der Waals surface area contributed by atoms with E-state index >= 15 is 0 Å². The van der Waals surface area contributed by atoms with Crippen LogP contribution in [0.1, 0.15) is 5.56 Å². The average molecular weight is 427 g/mol. The fourth-order valence-corrected chi connectivity index (χ4v) is 4.22. The molecule has 1 aromatic carbocycles. The number of nitrogens with one attached hydrogen (secondary N) is 1. The van der Waals surface area contributed by atoms with Crippen LogP contribution in [0.4, 0.5) is 11.6 Å². The molecule has 0 bridgehead atoms. The van der Waals surface area contributed by atoms with Crippen LogP contribution >= 0.6 is 0 Å². The molecule has 0 spiro atoms. The van der Waals surface area contributed by atoms with Gasteiger partial charge in [-0.2, -0.15) is 0 Å². The van der Waals surface area contributed by atoms with E-state index < -0.39 is 0 Å². The molecular weight excluding hydrogens is 396 g/mol. The summed E-state index contributed by atoms with van der Waals surface area (Å²) in [5.41, 5.74) is 1.26. The lowest BCUT2D eigenvalue weighted by atomic mass is 10.1. The number of morpholine rings is 1. The number of anilines is 2. The van der Waals surface area contributed by atoms with Crippen molar-refractivity contribution in [1.29, 1.82) is 0 Å². The SMILES string of the molecule is c1nc(NCCN2CCOCC2)cc(N2CCN(Cc3ccc4c(c3)OCO4)CC2)n1. The number of fused-ring (bicyclic) bond motifs is 1. The van der Waals surface area contributed by atoms with E-state index in [1.54, 1.807) is 6.33 Å². The van der Waals surface area contributed by atoms with Crippen molar-refractivity contribution in [3.05, 3.63) is 36.2 Å². The quantitative estimate of drug-likeness (QED) is 0.704. The second-order valence-electron chi connectivity index (χ2n) is 8.09. The first-order valence-corrected chi connectivity index (χ1v) is 11.1. The Morgan fingerprint density at radius 1 is 0.871 bits per heavy atom. The molecule has 3 aliphatic rings. The first-order chi connectivity index (χ1) is 15.3. The van der Waals surface area contributed by atoms with Crippen LogP contribution in [0.15, 0.2) is 30.6 Å². The van der Waals surface area contributed by atoms with Gasteiger partial charge in [0.15, 0.2) is 11.5 Å². The molecule has 2 saturated heterocycles. The Balaban J connectivity index is 1.09. The fourth-order valence-electron chi connectivity index (χ4n) is 4.22. The number of ether oxygens (including phenoxy) is 3. The third-order valence-corrected chi connectivity index (χ3v) is 6.03. The Labute approximate surface area is 182 Å². The Bertz CT molecular complexity index is 868. The number of hydrogen-bond acceptors (Lipinski definition) is 9. The topological polar surface area (TPSA) is 75.2 Å². The molecule has 0 aliphatic carbocycles. The first kappa shape index (κ1) is 20.3. The van der Waals surface area contributed by atoms with Gasteiger partial charge in [-0.1, -0.05) is 6.07 Å². The molecule has 166 valence electrons. The van der Waals surface area contributed by atoms with Gasteiger partial charge in [0, 0.05) is 65.0 Å². The van der Waals surface area contributed by atoms with Gasteiger partial charge in [-0.15, -0.1) is 0 Å². The molecule has 4 heterocycles. The van der Waals surface area contributed by atoms with Gasteiger partial charge in [0.1, 0.15) is 18.0 Å². The maximum atomic E-state index is 5.50. The number of benzene rings is 1. The Morgan fingerprint density at radius 2 is 1.71 bits per heavy atom. The molecule has 5 rings (SSSR count). The monoisotopic (exact) mass is 426 g/mol. The van der Waals surface area contributed by atoms with Crippen molar-refractivity contribution >= 4 is 11.6 Å². The van der Waals surface area contributed by atoms with Gasteiger partial charge >= 0.3 is 0 Å². The van der Waals surface area contributed by atoms with Crippen LogP contribution in [0.5, 0.6) is 11.5 Å². The highest BCUT2D eigenvalue weighted by molar-refractivity contribution is 5.49. The van der Waals surface area contributed by atoms with Crippen molar-refractivity contribution in [2.24, 2.45) is 0 Å². The van der Waals surface area contributed by atoms with Crippen LogP contribution in [0.25, 0.3) is 0 Å². The van der Waals surface area contributed by atoms with Crippen molar-refractivity contribution in [1.82, 2.24) is 19.8 Å². The lowest BCUT2D eigenvalue weighted by Crippen LogP contribution is -2.46.